The molecule has 3 heterocycles. The Hall–Kier alpha value is -2.60. The molecule has 1 aliphatic heterocycles. The van der Waals surface area contributed by atoms with E-state index in [-0.39, 0.29) is 16.8 Å². The third-order valence-electron chi connectivity index (χ3n) is 5.86. The molecule has 3 atom stereocenters. The molecule has 1 saturated heterocycles. The minimum atomic E-state index is -0.381. The second-order valence-electron chi connectivity index (χ2n) is 7.89. The lowest BCUT2D eigenvalue weighted by molar-refractivity contribution is 0.420. The first-order chi connectivity index (χ1) is 14.6. The molecule has 0 radical (unpaired) electrons. The Morgan fingerprint density at radius 2 is 1.80 bits per heavy atom. The summed E-state index contributed by atoms with van der Waals surface area (Å²) in [5, 5.41) is 0.169. The summed E-state index contributed by atoms with van der Waals surface area (Å²) in [6.45, 7) is 7.55. The van der Waals surface area contributed by atoms with Crippen molar-refractivity contribution in [1.82, 2.24) is 24.8 Å². The molecule has 7 heteroatoms. The van der Waals surface area contributed by atoms with Gasteiger partial charge >= 0.3 is 0 Å². The molecular formula is C23H25ClFN5. The van der Waals surface area contributed by atoms with E-state index in [4.69, 9.17) is 11.6 Å². The van der Waals surface area contributed by atoms with Gasteiger partial charge in [-0.15, -0.1) is 0 Å². The van der Waals surface area contributed by atoms with Crippen molar-refractivity contribution in [2.45, 2.75) is 32.1 Å². The number of hydrogen-bond donors (Lipinski definition) is 0. The van der Waals surface area contributed by atoms with Gasteiger partial charge in [0.25, 0.3) is 0 Å². The summed E-state index contributed by atoms with van der Waals surface area (Å²) in [5.41, 5.74) is 1.58. The predicted octanol–water partition coefficient (Wildman–Crippen LogP) is 5.26. The largest absolute Gasteiger partial charge is 0.369 e. The summed E-state index contributed by atoms with van der Waals surface area (Å²) in [5.74, 6) is 1.54. The zero-order valence-electron chi connectivity index (χ0n) is 17.0. The summed E-state index contributed by atoms with van der Waals surface area (Å²) in [6, 6.07) is 1.76. The average molecular weight is 426 g/mol. The second-order valence-corrected chi connectivity index (χ2v) is 8.30. The summed E-state index contributed by atoms with van der Waals surface area (Å²) in [4.78, 5) is 19.2. The first-order valence-corrected chi connectivity index (χ1v) is 10.7. The van der Waals surface area contributed by atoms with E-state index in [9.17, 15) is 4.39 Å². The van der Waals surface area contributed by atoms with Gasteiger partial charge in [-0.3, -0.25) is 0 Å². The number of allylic oxidation sites excluding steroid dienone is 4. The van der Waals surface area contributed by atoms with Crippen molar-refractivity contribution in [3.63, 3.8) is 0 Å². The second kappa shape index (κ2) is 9.04. The van der Waals surface area contributed by atoms with Gasteiger partial charge in [-0.1, -0.05) is 31.2 Å². The zero-order valence-corrected chi connectivity index (χ0v) is 17.8. The molecule has 0 amide bonds. The highest BCUT2D eigenvalue weighted by molar-refractivity contribution is 6.31. The molecule has 5 nitrogen and oxygen atoms in total. The third kappa shape index (κ3) is 4.43. The van der Waals surface area contributed by atoms with Crippen molar-refractivity contribution < 1.29 is 4.39 Å². The number of likely N-dealkylation sites (tertiary alicyclic amines) is 1. The molecule has 4 rings (SSSR count). The Bertz CT molecular complexity index is 951. The lowest BCUT2D eigenvalue weighted by Crippen LogP contribution is -2.18. The van der Waals surface area contributed by atoms with E-state index in [0.717, 1.165) is 37.9 Å². The molecule has 156 valence electrons. The molecule has 2 fully saturated rings. The standard InChI is InChI=1S/C23H25ClFN5/c1-3-20(30-9-4-5-10-30)21(25)19(24)11-15(2)17-12-18(17)16-13-28-23(29-14-16)22-26-7-6-8-27-22/h3,6-8,11,13-15,17-18H,1,4-5,9-10,12H2,2H3/b19-11+,21-20-. The van der Waals surface area contributed by atoms with E-state index in [2.05, 4.69) is 33.4 Å². The van der Waals surface area contributed by atoms with Crippen LogP contribution in [-0.2, 0) is 0 Å². The van der Waals surface area contributed by atoms with Crippen molar-refractivity contribution in [1.29, 1.82) is 0 Å². The molecule has 2 aromatic rings. The molecule has 0 spiro atoms. The third-order valence-corrected chi connectivity index (χ3v) is 6.16. The molecule has 1 aliphatic carbocycles. The van der Waals surface area contributed by atoms with Gasteiger partial charge in [0.2, 0.25) is 0 Å². The maximum atomic E-state index is 14.9. The maximum Gasteiger partial charge on any atom is 0.197 e. The Morgan fingerprint density at radius 1 is 1.17 bits per heavy atom. The fourth-order valence-electron chi connectivity index (χ4n) is 4.10. The van der Waals surface area contributed by atoms with Gasteiger partial charge in [0, 0.05) is 37.9 Å². The Labute approximate surface area is 181 Å². The molecular weight excluding hydrogens is 401 g/mol. The Balaban J connectivity index is 1.42. The van der Waals surface area contributed by atoms with E-state index < -0.39 is 0 Å². The highest BCUT2D eigenvalue weighted by Crippen LogP contribution is 2.52. The van der Waals surface area contributed by atoms with Gasteiger partial charge in [-0.2, -0.15) is 0 Å². The molecule has 0 aromatic carbocycles. The first-order valence-electron chi connectivity index (χ1n) is 10.3. The van der Waals surface area contributed by atoms with Crippen molar-refractivity contribution >= 4 is 11.6 Å². The SMILES string of the molecule is C=C/C(=C(F)\C(Cl)=C/C(C)C1CC1c1cnc(-c2ncccn2)nc1)N1CCCC1. The average Bonchev–Trinajstić information content (AvgIpc) is 3.41. The van der Waals surface area contributed by atoms with Crippen LogP contribution in [0.2, 0.25) is 0 Å². The number of aromatic nitrogens is 4. The van der Waals surface area contributed by atoms with Crippen LogP contribution < -0.4 is 0 Å². The van der Waals surface area contributed by atoms with Crippen LogP contribution in [0, 0.1) is 11.8 Å². The quantitative estimate of drug-likeness (QED) is 0.566. The van der Waals surface area contributed by atoms with Crippen LogP contribution in [0.3, 0.4) is 0 Å². The van der Waals surface area contributed by atoms with Gasteiger partial charge in [-0.05, 0) is 54.7 Å². The topological polar surface area (TPSA) is 54.8 Å². The van der Waals surface area contributed by atoms with Crippen LogP contribution in [0.1, 0.15) is 37.7 Å². The summed E-state index contributed by atoms with van der Waals surface area (Å²) in [7, 11) is 0. The Morgan fingerprint density at radius 3 is 2.43 bits per heavy atom. The van der Waals surface area contributed by atoms with E-state index >= 15 is 0 Å². The van der Waals surface area contributed by atoms with Crippen LogP contribution in [-0.4, -0.2) is 37.9 Å². The molecule has 0 N–H and O–H groups in total. The normalized spacial score (nSPS) is 23.2. The van der Waals surface area contributed by atoms with Gasteiger partial charge in [0.15, 0.2) is 17.5 Å². The van der Waals surface area contributed by atoms with Gasteiger partial charge in [0.1, 0.15) is 0 Å². The number of halogens is 2. The van der Waals surface area contributed by atoms with Crippen LogP contribution in [0.15, 0.2) is 66.1 Å². The molecule has 1 saturated carbocycles. The van der Waals surface area contributed by atoms with Crippen LogP contribution in [0.25, 0.3) is 11.6 Å². The van der Waals surface area contributed by atoms with Gasteiger partial charge < -0.3 is 4.90 Å². The summed E-state index contributed by atoms with van der Waals surface area (Å²) >= 11 is 6.35. The van der Waals surface area contributed by atoms with E-state index in [1.54, 1.807) is 24.5 Å². The molecule has 0 bridgehead atoms. The fraction of sp³-hybridized carbons (Fsp3) is 0.391. The van der Waals surface area contributed by atoms with E-state index in [1.165, 1.54) is 0 Å². The molecule has 2 aliphatic rings. The molecule has 30 heavy (non-hydrogen) atoms. The number of hydrogen-bond acceptors (Lipinski definition) is 5. The van der Waals surface area contributed by atoms with Crippen molar-refractivity contribution in [3.8, 4) is 11.6 Å². The fourth-order valence-corrected chi connectivity index (χ4v) is 4.40. The Kier molecular flexibility index (Phi) is 6.23. The van der Waals surface area contributed by atoms with E-state index in [1.807, 2.05) is 23.4 Å². The zero-order chi connectivity index (χ0) is 21.1. The van der Waals surface area contributed by atoms with Crippen molar-refractivity contribution in [3.05, 3.63) is 71.7 Å². The van der Waals surface area contributed by atoms with Crippen LogP contribution in [0.5, 0.6) is 0 Å². The van der Waals surface area contributed by atoms with Gasteiger partial charge in [-0.25, -0.2) is 24.3 Å². The minimum Gasteiger partial charge on any atom is -0.369 e. The smallest absolute Gasteiger partial charge is 0.197 e. The number of nitrogens with zero attached hydrogens (tertiary/aromatic N) is 5. The first kappa shape index (κ1) is 20.7. The van der Waals surface area contributed by atoms with Crippen LogP contribution >= 0.6 is 11.6 Å². The maximum absolute atomic E-state index is 14.9. The van der Waals surface area contributed by atoms with Gasteiger partial charge in [0.05, 0.1) is 10.7 Å². The van der Waals surface area contributed by atoms with Crippen molar-refractivity contribution in [2.24, 2.45) is 11.8 Å². The predicted molar refractivity (Wildman–Crippen MR) is 116 cm³/mol. The molecule has 2 aromatic heterocycles. The van der Waals surface area contributed by atoms with E-state index in [0.29, 0.717) is 29.2 Å². The van der Waals surface area contributed by atoms with Crippen molar-refractivity contribution in [2.75, 3.05) is 13.1 Å². The number of rotatable bonds is 7. The summed E-state index contributed by atoms with van der Waals surface area (Å²) < 4.78 is 14.9. The highest BCUT2D eigenvalue weighted by Gasteiger charge is 2.42. The monoisotopic (exact) mass is 425 g/mol. The summed E-state index contributed by atoms with van der Waals surface area (Å²) in [6.07, 6.45) is 13.6. The minimum absolute atomic E-state index is 0.148. The molecule has 3 unspecified atom stereocenters. The lowest BCUT2D eigenvalue weighted by atomic mass is 10.0. The van der Waals surface area contributed by atoms with Crippen LogP contribution in [0.4, 0.5) is 4.39 Å². The lowest BCUT2D eigenvalue weighted by Gasteiger charge is -2.19. The highest BCUT2D eigenvalue weighted by atomic mass is 35.5.